The molecule has 0 spiro atoms. The van der Waals surface area contributed by atoms with Crippen molar-refractivity contribution in [3.05, 3.63) is 95.6 Å². The van der Waals surface area contributed by atoms with E-state index in [0.29, 0.717) is 49.0 Å². The van der Waals surface area contributed by atoms with Crippen LogP contribution < -0.4 is 16.0 Å². The van der Waals surface area contributed by atoms with E-state index in [2.05, 4.69) is 33.0 Å². The summed E-state index contributed by atoms with van der Waals surface area (Å²) >= 11 is 0. The number of nitrogen functional groups attached to an aromatic ring is 1. The maximum Gasteiger partial charge on any atom is 0.490 e. The summed E-state index contributed by atoms with van der Waals surface area (Å²) in [4.78, 5) is 59.5. The molecule has 6 unspecified atom stereocenters. The summed E-state index contributed by atoms with van der Waals surface area (Å²) in [7, 11) is -26.3. The molecular formula is C45H58N7O20P3S2. The number of carbonyl (C=O) groups excluding carboxylic acids is 1. The number of likely N-dealkylation sites (N-methyl/N-ethyl adjacent to an activating group) is 1. The van der Waals surface area contributed by atoms with Crippen LogP contribution in [0.4, 0.5) is 17.2 Å². The minimum atomic E-state index is -5.83. The van der Waals surface area contributed by atoms with Crippen LogP contribution in [-0.2, 0) is 67.4 Å². The number of hydrogen-bond acceptors (Lipinski definition) is 19. The molecule has 4 aromatic rings. The average Bonchev–Trinajstić information content (AvgIpc) is 3.97. The van der Waals surface area contributed by atoms with E-state index in [0.717, 1.165) is 29.1 Å². The number of aliphatic hydroxyl groups excluding tert-OH is 2. The zero-order valence-corrected chi connectivity index (χ0v) is 46.2. The van der Waals surface area contributed by atoms with Crippen molar-refractivity contribution >= 4 is 89.6 Å². The molecule has 6 atom stereocenters. The summed E-state index contributed by atoms with van der Waals surface area (Å²) in [5, 5.41) is 24.8. The molecule has 0 bridgehead atoms. The number of nitrogens with two attached hydrogens (primary N) is 1. The van der Waals surface area contributed by atoms with E-state index < -0.39 is 85.7 Å². The second-order valence-electron chi connectivity index (χ2n) is 19.1. The van der Waals surface area contributed by atoms with Gasteiger partial charge in [0.15, 0.2) is 11.9 Å². The second kappa shape index (κ2) is 22.3. The molecule has 2 aromatic heterocycles. The van der Waals surface area contributed by atoms with Gasteiger partial charge in [0, 0.05) is 72.2 Å². The van der Waals surface area contributed by atoms with Crippen molar-refractivity contribution in [3.63, 3.8) is 0 Å². The number of nitrogens with zero attached hydrogens (tertiary/aromatic N) is 5. The molecule has 3 aliphatic rings. The predicted molar refractivity (Wildman–Crippen MR) is 275 cm³/mol. The number of carbonyl (C=O) groups is 1. The van der Waals surface area contributed by atoms with E-state index in [9.17, 15) is 64.4 Å². The summed E-state index contributed by atoms with van der Waals surface area (Å²) in [6.07, 6.45) is 6.89. The van der Waals surface area contributed by atoms with Gasteiger partial charge < -0.3 is 59.6 Å². The standard InChI is InChI=1S/C45H58N7O20P3S2/c1-6-50-32-18-16-28(76(63,64)65)22-30(32)44(2,3)35(50)13-10-14-36-45(4,5)31-23-29(77(66,67)68)17-19-33(31)51(36)21-9-7-8-15-37(53)47-20-11-12-27-24-52(42-38(27)41(46)48-26-49-42)43-40(55)39(54)34(70-43)25-69-74(59,60)72-75(61,62)71-73(56,57)58/h10-14,16-19,22-24,26,34,39-40,43,54-55H,6-9,15,20-21,25H2,1-5H3,(H8-,46,47,48,49,53,56,57,58,59,60,61,62,63,64,65,66,67,68). The number of unbranched alkanes of at least 4 members (excludes halogenated alkanes) is 2. The maximum atomic E-state index is 13.0. The smallest absolute Gasteiger partial charge is 0.490 e. The summed E-state index contributed by atoms with van der Waals surface area (Å²) in [6, 6.07) is 8.82. The first-order chi connectivity index (χ1) is 35.7. The summed E-state index contributed by atoms with van der Waals surface area (Å²) < 4.78 is 126. The lowest BCUT2D eigenvalue weighted by Crippen LogP contribution is -2.33. The van der Waals surface area contributed by atoms with Crippen molar-refractivity contribution in [3.8, 4) is 0 Å². The molecule has 7 rings (SSSR count). The number of anilines is 2. The largest absolute Gasteiger partial charge is 0.744 e. The Bertz CT molecular complexity index is 3490. The Balaban J connectivity index is 0.984. The van der Waals surface area contributed by atoms with Crippen molar-refractivity contribution in [1.29, 1.82) is 0 Å². The highest BCUT2D eigenvalue weighted by atomic mass is 32.2. The minimum Gasteiger partial charge on any atom is -0.744 e. The number of fused-ring (bicyclic) bond motifs is 3. The molecule has 0 saturated carbocycles. The van der Waals surface area contributed by atoms with Crippen LogP contribution in [0.3, 0.4) is 0 Å². The number of benzene rings is 2. The van der Waals surface area contributed by atoms with Crippen LogP contribution in [0.25, 0.3) is 17.1 Å². The fourth-order valence-electron chi connectivity index (χ4n) is 9.64. The summed E-state index contributed by atoms with van der Waals surface area (Å²) in [5.41, 5.74) is 9.86. The van der Waals surface area contributed by atoms with Gasteiger partial charge in [0.1, 0.15) is 52.8 Å². The van der Waals surface area contributed by atoms with Crippen molar-refractivity contribution in [2.24, 2.45) is 0 Å². The van der Waals surface area contributed by atoms with Crippen molar-refractivity contribution < 1.29 is 96.7 Å². The first kappa shape index (κ1) is 59.8. The molecule has 10 N–H and O–H groups in total. The number of hydrogen-bond donors (Lipinski definition) is 9. The highest BCUT2D eigenvalue weighted by Crippen LogP contribution is 2.66. The number of rotatable bonds is 22. The Morgan fingerprint density at radius 3 is 2.27 bits per heavy atom. The van der Waals surface area contributed by atoms with E-state index >= 15 is 0 Å². The SMILES string of the molecule is CCN1C(=CC=CC2=[N+](CCCCCC(=O)NCC=Cc3cn(C4OC(COP(=O)(O)OP(=O)(O)OP(=O)(O)O)C(O)C4O)c4ncnc(N)c34)c3ccc(S(=O)(=O)O)cc3C2(C)C)C(C)(C)c2cc(S(=O)(=O)[O-])ccc21. The molecule has 1 amide bonds. The molecule has 3 aliphatic heterocycles. The number of nitrogens with one attached hydrogen (secondary N) is 1. The molecule has 0 radical (unpaired) electrons. The Morgan fingerprint density at radius 2 is 1.61 bits per heavy atom. The van der Waals surface area contributed by atoms with Gasteiger partial charge >= 0.3 is 23.5 Å². The molecule has 27 nitrogen and oxygen atoms in total. The van der Waals surface area contributed by atoms with Crippen LogP contribution in [0.2, 0.25) is 0 Å². The highest BCUT2D eigenvalue weighted by Gasteiger charge is 2.48. The van der Waals surface area contributed by atoms with Gasteiger partial charge in [0.25, 0.3) is 10.1 Å². The minimum absolute atomic E-state index is 0.0128. The van der Waals surface area contributed by atoms with Crippen LogP contribution in [0.15, 0.2) is 88.7 Å². The van der Waals surface area contributed by atoms with Crippen LogP contribution in [0.5, 0.6) is 0 Å². The zero-order chi connectivity index (χ0) is 56.8. The molecule has 420 valence electrons. The quantitative estimate of drug-likeness (QED) is 0.0231. The topological polar surface area (TPSA) is 413 Å². The van der Waals surface area contributed by atoms with Crippen LogP contribution in [-0.4, -0.2) is 131 Å². The van der Waals surface area contributed by atoms with Gasteiger partial charge in [0.05, 0.1) is 27.2 Å². The first-order valence-electron chi connectivity index (χ1n) is 23.5. The van der Waals surface area contributed by atoms with Gasteiger partial charge in [-0.3, -0.25) is 13.9 Å². The van der Waals surface area contributed by atoms with Gasteiger partial charge in [-0.1, -0.05) is 32.1 Å². The number of aromatic nitrogens is 3. The van der Waals surface area contributed by atoms with E-state index in [4.69, 9.17) is 20.3 Å². The number of phosphoric ester groups is 1. The zero-order valence-electron chi connectivity index (χ0n) is 41.9. The molecule has 5 heterocycles. The second-order valence-corrected chi connectivity index (χ2v) is 26.3. The normalized spacial score (nSPS) is 22.6. The Hall–Kier alpha value is -4.87. The van der Waals surface area contributed by atoms with E-state index in [1.165, 1.54) is 35.0 Å². The third-order valence-electron chi connectivity index (χ3n) is 13.2. The third-order valence-corrected chi connectivity index (χ3v) is 18.7. The number of amides is 1. The lowest BCUT2D eigenvalue weighted by molar-refractivity contribution is -0.438. The lowest BCUT2D eigenvalue weighted by atomic mass is 9.81. The fourth-order valence-corrected chi connectivity index (χ4v) is 13.7. The maximum absolute atomic E-state index is 13.0. The van der Waals surface area contributed by atoms with Gasteiger partial charge in [-0.05, 0) is 75.6 Å². The van der Waals surface area contributed by atoms with E-state index in [1.54, 1.807) is 24.3 Å². The van der Waals surface area contributed by atoms with Crippen molar-refractivity contribution in [1.82, 2.24) is 19.9 Å². The average molecular weight is 1170 g/mol. The third kappa shape index (κ3) is 13.3. The molecule has 77 heavy (non-hydrogen) atoms. The predicted octanol–water partition coefficient (Wildman–Crippen LogP) is 4.15. The van der Waals surface area contributed by atoms with Crippen LogP contribution >= 0.6 is 23.5 Å². The molecule has 1 fully saturated rings. The summed E-state index contributed by atoms with van der Waals surface area (Å²) in [6.45, 7) is 9.79. The van der Waals surface area contributed by atoms with Gasteiger partial charge in [-0.2, -0.15) is 21.6 Å². The molecule has 32 heteroatoms. The van der Waals surface area contributed by atoms with Gasteiger partial charge in [-0.25, -0.2) is 32.1 Å². The molecule has 1 saturated heterocycles. The number of ether oxygens (including phenoxy) is 1. The Labute approximate surface area is 442 Å². The van der Waals surface area contributed by atoms with Gasteiger partial charge in [0.2, 0.25) is 11.6 Å². The van der Waals surface area contributed by atoms with Crippen molar-refractivity contribution in [2.75, 3.05) is 36.9 Å². The van der Waals surface area contributed by atoms with E-state index in [-0.39, 0.29) is 45.5 Å². The highest BCUT2D eigenvalue weighted by molar-refractivity contribution is 7.86. The van der Waals surface area contributed by atoms with E-state index in [1.807, 2.05) is 57.7 Å². The first-order valence-corrected chi connectivity index (χ1v) is 30.9. The Kier molecular flexibility index (Phi) is 17.3. The molecule has 0 aliphatic carbocycles. The van der Waals surface area contributed by atoms with Gasteiger partial charge in [-0.15, -0.1) is 0 Å². The number of phosphoric acid groups is 3. The van der Waals surface area contributed by atoms with Crippen molar-refractivity contribution in [2.45, 2.75) is 105 Å². The fraction of sp³-hybridized carbons (Fsp3) is 0.422. The van der Waals surface area contributed by atoms with Crippen LogP contribution in [0.1, 0.15) is 83.2 Å². The molecular weight excluding hydrogens is 1120 g/mol. The Morgan fingerprint density at radius 1 is 0.922 bits per heavy atom. The molecule has 2 aromatic carbocycles. The lowest BCUT2D eigenvalue weighted by Gasteiger charge is -2.25. The number of allylic oxidation sites excluding steroid dienone is 4. The van der Waals surface area contributed by atoms with Crippen LogP contribution in [0, 0.1) is 0 Å². The monoisotopic (exact) mass is 1170 g/mol. The summed E-state index contributed by atoms with van der Waals surface area (Å²) in [5.74, 6) is -0.241. The number of aliphatic hydroxyl groups is 2.